The Bertz CT molecular complexity index is 445. The smallest absolute Gasteiger partial charge is 0.0822 e. The summed E-state index contributed by atoms with van der Waals surface area (Å²) in [5.74, 6) is 0.781. The van der Waals surface area contributed by atoms with Crippen LogP contribution < -0.4 is 0 Å². The lowest BCUT2D eigenvalue weighted by Gasteiger charge is -2.34. The molecule has 1 aliphatic rings. The molecule has 2 rings (SSSR count). The van der Waals surface area contributed by atoms with Gasteiger partial charge in [-0.25, -0.2) is 0 Å². The summed E-state index contributed by atoms with van der Waals surface area (Å²) in [5, 5.41) is 9.59. The first-order chi connectivity index (χ1) is 8.07. The molecule has 0 aromatic heterocycles. The zero-order valence-electron chi connectivity index (χ0n) is 11.1. The molecule has 17 heavy (non-hydrogen) atoms. The average Bonchev–Trinajstić information content (AvgIpc) is 2.34. The van der Waals surface area contributed by atoms with Crippen molar-refractivity contribution in [1.29, 1.82) is 5.26 Å². The fraction of sp³-hybridized carbons (Fsp3) is 0.562. The van der Waals surface area contributed by atoms with E-state index in [1.807, 2.05) is 0 Å². The van der Waals surface area contributed by atoms with Crippen LogP contribution in [0.2, 0.25) is 0 Å². The molecule has 0 bridgehead atoms. The van der Waals surface area contributed by atoms with Gasteiger partial charge in [0.2, 0.25) is 0 Å². The van der Waals surface area contributed by atoms with Crippen LogP contribution >= 0.6 is 0 Å². The van der Waals surface area contributed by atoms with E-state index in [-0.39, 0.29) is 5.41 Å². The second-order valence-electron chi connectivity index (χ2n) is 5.68. The van der Waals surface area contributed by atoms with Crippen LogP contribution in [-0.4, -0.2) is 0 Å². The lowest BCUT2D eigenvalue weighted by molar-refractivity contribution is 0.294. The number of nitriles is 1. The monoisotopic (exact) mass is 227 g/mol. The highest BCUT2D eigenvalue weighted by molar-refractivity contribution is 5.39. The number of hydrogen-bond acceptors (Lipinski definition) is 1. The van der Waals surface area contributed by atoms with Crippen molar-refractivity contribution in [3.63, 3.8) is 0 Å². The van der Waals surface area contributed by atoms with Crippen LogP contribution in [0, 0.1) is 31.1 Å². The van der Waals surface area contributed by atoms with Crippen molar-refractivity contribution in [3.8, 4) is 6.07 Å². The Labute approximate surface area is 104 Å². The van der Waals surface area contributed by atoms with Crippen LogP contribution in [-0.2, 0) is 5.41 Å². The van der Waals surface area contributed by atoms with E-state index < -0.39 is 0 Å². The molecule has 90 valence electrons. The molecule has 0 N–H and O–H groups in total. The van der Waals surface area contributed by atoms with Gasteiger partial charge in [0.05, 0.1) is 11.5 Å². The van der Waals surface area contributed by atoms with Gasteiger partial charge in [0.15, 0.2) is 0 Å². The normalized spacial score (nSPS) is 28.7. The minimum absolute atomic E-state index is 0.217. The fourth-order valence-corrected chi connectivity index (χ4v) is 2.76. The molecule has 0 atom stereocenters. The molecule has 1 aromatic rings. The van der Waals surface area contributed by atoms with Crippen LogP contribution in [0.25, 0.3) is 0 Å². The van der Waals surface area contributed by atoms with Crippen LogP contribution in [0.5, 0.6) is 0 Å². The quantitative estimate of drug-likeness (QED) is 0.702. The fourth-order valence-electron chi connectivity index (χ4n) is 2.76. The van der Waals surface area contributed by atoms with E-state index in [1.165, 1.54) is 29.5 Å². The Hall–Kier alpha value is -1.29. The minimum Gasteiger partial charge on any atom is -0.197 e. The molecular formula is C16H21N. The van der Waals surface area contributed by atoms with E-state index in [1.54, 1.807) is 0 Å². The van der Waals surface area contributed by atoms with E-state index in [9.17, 15) is 5.26 Å². The summed E-state index contributed by atoms with van der Waals surface area (Å²) in [7, 11) is 0. The maximum atomic E-state index is 9.59. The highest BCUT2D eigenvalue weighted by Gasteiger charge is 2.36. The van der Waals surface area contributed by atoms with Gasteiger partial charge in [0.25, 0.3) is 0 Å². The summed E-state index contributed by atoms with van der Waals surface area (Å²) in [4.78, 5) is 0. The van der Waals surface area contributed by atoms with E-state index >= 15 is 0 Å². The van der Waals surface area contributed by atoms with Gasteiger partial charge < -0.3 is 0 Å². The van der Waals surface area contributed by atoms with Gasteiger partial charge in [-0.3, -0.25) is 0 Å². The Morgan fingerprint density at radius 1 is 1.18 bits per heavy atom. The van der Waals surface area contributed by atoms with Crippen molar-refractivity contribution >= 4 is 0 Å². The number of benzene rings is 1. The summed E-state index contributed by atoms with van der Waals surface area (Å²) in [6.07, 6.45) is 4.40. The second-order valence-corrected chi connectivity index (χ2v) is 5.68. The van der Waals surface area contributed by atoms with Gasteiger partial charge >= 0.3 is 0 Å². The topological polar surface area (TPSA) is 23.8 Å². The van der Waals surface area contributed by atoms with Crippen LogP contribution in [0.4, 0.5) is 0 Å². The summed E-state index contributed by atoms with van der Waals surface area (Å²) < 4.78 is 0. The SMILES string of the molecule is Cc1ccc(C2(C#N)CCC(C)CC2)cc1C. The molecule has 1 fully saturated rings. The third kappa shape index (κ3) is 2.22. The van der Waals surface area contributed by atoms with Crippen LogP contribution in [0.15, 0.2) is 18.2 Å². The predicted octanol–water partition coefficient (Wildman–Crippen LogP) is 4.27. The first kappa shape index (κ1) is 12.2. The molecule has 1 heteroatoms. The highest BCUT2D eigenvalue weighted by Crippen LogP contribution is 2.41. The molecule has 0 heterocycles. The van der Waals surface area contributed by atoms with Gasteiger partial charge in [-0.2, -0.15) is 5.26 Å². The predicted molar refractivity (Wildman–Crippen MR) is 70.8 cm³/mol. The van der Waals surface area contributed by atoms with Gasteiger partial charge in [-0.05, 0) is 62.1 Å². The van der Waals surface area contributed by atoms with E-state index in [0.717, 1.165) is 18.8 Å². The zero-order valence-corrected chi connectivity index (χ0v) is 11.1. The third-order valence-electron chi connectivity index (χ3n) is 4.40. The zero-order chi connectivity index (χ0) is 12.5. The first-order valence-corrected chi connectivity index (χ1v) is 6.56. The second kappa shape index (κ2) is 4.53. The van der Waals surface area contributed by atoms with Crippen molar-refractivity contribution in [2.24, 2.45) is 5.92 Å². The molecule has 0 amide bonds. The summed E-state index contributed by atoms with van der Waals surface area (Å²) in [6.45, 7) is 6.55. The maximum Gasteiger partial charge on any atom is 0.0822 e. The van der Waals surface area contributed by atoms with Crippen molar-refractivity contribution in [2.45, 2.75) is 51.9 Å². The van der Waals surface area contributed by atoms with E-state index in [0.29, 0.717) is 0 Å². The van der Waals surface area contributed by atoms with E-state index in [2.05, 4.69) is 45.0 Å². The van der Waals surface area contributed by atoms with Gasteiger partial charge in [0.1, 0.15) is 0 Å². The molecular weight excluding hydrogens is 206 g/mol. The highest BCUT2D eigenvalue weighted by atomic mass is 14.4. The van der Waals surface area contributed by atoms with Crippen molar-refractivity contribution in [1.82, 2.24) is 0 Å². The molecule has 0 unspecified atom stereocenters. The third-order valence-corrected chi connectivity index (χ3v) is 4.40. The molecule has 0 saturated heterocycles. The molecule has 1 nitrogen and oxygen atoms in total. The number of hydrogen-bond donors (Lipinski definition) is 0. The van der Waals surface area contributed by atoms with Gasteiger partial charge in [-0.1, -0.05) is 25.1 Å². The van der Waals surface area contributed by atoms with Gasteiger partial charge in [-0.15, -0.1) is 0 Å². The van der Waals surface area contributed by atoms with Crippen molar-refractivity contribution in [3.05, 3.63) is 34.9 Å². The van der Waals surface area contributed by atoms with Crippen molar-refractivity contribution < 1.29 is 0 Å². The minimum atomic E-state index is -0.217. The molecule has 0 radical (unpaired) electrons. The van der Waals surface area contributed by atoms with Crippen LogP contribution in [0.1, 0.15) is 49.3 Å². The Balaban J connectivity index is 2.35. The Morgan fingerprint density at radius 3 is 2.35 bits per heavy atom. The lowest BCUT2D eigenvalue weighted by Crippen LogP contribution is -2.29. The van der Waals surface area contributed by atoms with Gasteiger partial charge in [0, 0.05) is 0 Å². The average molecular weight is 227 g/mol. The standard InChI is InChI=1S/C16H21N/c1-12-6-8-16(11-17,9-7-12)15-5-4-13(2)14(3)10-15/h4-5,10,12H,6-9H2,1-3H3. The Morgan fingerprint density at radius 2 is 1.82 bits per heavy atom. The van der Waals surface area contributed by atoms with E-state index in [4.69, 9.17) is 0 Å². The summed E-state index contributed by atoms with van der Waals surface area (Å²) in [5.41, 5.74) is 3.63. The molecule has 0 aliphatic heterocycles. The molecule has 0 spiro atoms. The Kier molecular flexibility index (Phi) is 3.24. The largest absolute Gasteiger partial charge is 0.197 e. The van der Waals surface area contributed by atoms with Crippen molar-refractivity contribution in [2.75, 3.05) is 0 Å². The molecule has 1 aliphatic carbocycles. The maximum absolute atomic E-state index is 9.59. The number of nitrogens with zero attached hydrogens (tertiary/aromatic N) is 1. The number of aryl methyl sites for hydroxylation is 2. The summed E-state index contributed by atoms with van der Waals surface area (Å²) in [6, 6.07) is 9.13. The summed E-state index contributed by atoms with van der Waals surface area (Å²) >= 11 is 0. The molecule has 1 aromatic carbocycles. The lowest BCUT2D eigenvalue weighted by atomic mass is 9.67. The first-order valence-electron chi connectivity index (χ1n) is 6.56. The molecule has 1 saturated carbocycles. The number of rotatable bonds is 1. The van der Waals surface area contributed by atoms with Crippen LogP contribution in [0.3, 0.4) is 0 Å².